The van der Waals surface area contributed by atoms with Gasteiger partial charge in [0.05, 0.1) is 13.2 Å². The van der Waals surface area contributed by atoms with Gasteiger partial charge in [0, 0.05) is 6.61 Å². The van der Waals surface area contributed by atoms with Crippen LogP contribution in [0.25, 0.3) is 0 Å². The van der Waals surface area contributed by atoms with Crippen LogP contribution in [-0.4, -0.2) is 19.0 Å². The zero-order chi connectivity index (χ0) is 11.8. The minimum atomic E-state index is 0.0490. The van der Waals surface area contributed by atoms with Crippen LogP contribution in [0.2, 0.25) is 0 Å². The first kappa shape index (κ1) is 12.9. The number of ether oxygens (including phenoxy) is 2. The van der Waals surface area contributed by atoms with E-state index in [4.69, 9.17) is 9.47 Å². The zero-order valence-corrected chi connectivity index (χ0v) is 9.86. The van der Waals surface area contributed by atoms with Crippen molar-refractivity contribution in [1.82, 2.24) is 0 Å². The molecule has 0 spiro atoms. The predicted molar refractivity (Wildman–Crippen MR) is 62.1 cm³/mol. The van der Waals surface area contributed by atoms with E-state index in [1.807, 2.05) is 31.2 Å². The van der Waals surface area contributed by atoms with Gasteiger partial charge in [-0.25, -0.2) is 0 Å². The molecule has 0 heterocycles. The molecule has 1 rings (SSSR count). The van der Waals surface area contributed by atoms with E-state index in [9.17, 15) is 4.79 Å². The van der Waals surface area contributed by atoms with Gasteiger partial charge < -0.3 is 9.47 Å². The number of carbonyl (C=O) groups is 1. The predicted octanol–water partition coefficient (Wildman–Crippen LogP) is 2.33. The molecule has 0 aliphatic carbocycles. The summed E-state index contributed by atoms with van der Waals surface area (Å²) in [5.74, 6) is 0.0490. The number of rotatable bonds is 7. The van der Waals surface area contributed by atoms with Crippen molar-refractivity contribution in [3.63, 3.8) is 0 Å². The first-order valence-electron chi connectivity index (χ1n) is 5.45. The molecular weight excluding hydrogens is 204 g/mol. The Morgan fingerprint density at radius 2 is 1.56 bits per heavy atom. The summed E-state index contributed by atoms with van der Waals surface area (Å²) in [6.45, 7) is 5.53. The highest BCUT2D eigenvalue weighted by atomic mass is 16.5. The van der Waals surface area contributed by atoms with E-state index in [1.165, 1.54) is 6.92 Å². The molecule has 0 aliphatic heterocycles. The van der Waals surface area contributed by atoms with Crippen molar-refractivity contribution in [1.29, 1.82) is 0 Å². The van der Waals surface area contributed by atoms with Gasteiger partial charge in [-0.2, -0.15) is 0 Å². The third-order valence-corrected chi connectivity index (χ3v) is 2.07. The van der Waals surface area contributed by atoms with Crippen LogP contribution in [0.4, 0.5) is 0 Å². The molecule has 88 valence electrons. The van der Waals surface area contributed by atoms with Crippen molar-refractivity contribution < 1.29 is 14.3 Å². The van der Waals surface area contributed by atoms with E-state index in [1.54, 1.807) is 0 Å². The first-order chi connectivity index (χ1) is 7.72. The van der Waals surface area contributed by atoms with Crippen LogP contribution < -0.4 is 0 Å². The Hall–Kier alpha value is -1.19. The fourth-order valence-electron chi connectivity index (χ4n) is 1.26. The minimum Gasteiger partial charge on any atom is -0.377 e. The molecule has 16 heavy (non-hydrogen) atoms. The highest BCUT2D eigenvalue weighted by Crippen LogP contribution is 2.06. The van der Waals surface area contributed by atoms with E-state index in [-0.39, 0.29) is 12.4 Å². The third-order valence-electron chi connectivity index (χ3n) is 2.07. The molecule has 1 aromatic carbocycles. The van der Waals surface area contributed by atoms with Crippen LogP contribution in [0.15, 0.2) is 24.3 Å². The van der Waals surface area contributed by atoms with Crippen molar-refractivity contribution >= 4 is 5.78 Å². The maximum absolute atomic E-state index is 10.7. The molecule has 0 saturated carbocycles. The van der Waals surface area contributed by atoms with Crippen LogP contribution >= 0.6 is 0 Å². The van der Waals surface area contributed by atoms with Crippen LogP contribution in [0.3, 0.4) is 0 Å². The zero-order valence-electron chi connectivity index (χ0n) is 9.86. The lowest BCUT2D eigenvalue weighted by Crippen LogP contribution is -2.03. The van der Waals surface area contributed by atoms with E-state index < -0.39 is 0 Å². The summed E-state index contributed by atoms with van der Waals surface area (Å²) in [6, 6.07) is 8.02. The van der Waals surface area contributed by atoms with Gasteiger partial charge in [-0.05, 0) is 25.0 Å². The number of Topliss-reactive ketones (excluding diaryl/α,β-unsaturated/α-hetero) is 1. The average molecular weight is 222 g/mol. The summed E-state index contributed by atoms with van der Waals surface area (Å²) in [6.07, 6.45) is 0. The summed E-state index contributed by atoms with van der Waals surface area (Å²) in [4.78, 5) is 10.7. The molecule has 0 radical (unpaired) electrons. The Kier molecular flexibility index (Phi) is 5.75. The lowest BCUT2D eigenvalue weighted by atomic mass is 10.1. The van der Waals surface area contributed by atoms with Crippen LogP contribution in [0.5, 0.6) is 0 Å². The molecule has 0 aromatic heterocycles. The molecule has 0 saturated heterocycles. The molecule has 3 nitrogen and oxygen atoms in total. The molecule has 0 aliphatic rings. The maximum atomic E-state index is 10.7. The fourth-order valence-corrected chi connectivity index (χ4v) is 1.26. The number of hydrogen-bond acceptors (Lipinski definition) is 3. The molecule has 0 fully saturated rings. The normalized spacial score (nSPS) is 10.4. The number of carbonyl (C=O) groups excluding carboxylic acids is 1. The quantitative estimate of drug-likeness (QED) is 0.710. The Morgan fingerprint density at radius 3 is 2.00 bits per heavy atom. The Bertz CT molecular complexity index is 316. The van der Waals surface area contributed by atoms with Crippen molar-refractivity contribution in [2.24, 2.45) is 0 Å². The standard InChI is InChI=1S/C13H18O3/c1-3-15-9-12-4-6-13(7-5-12)10-16-8-11(2)14/h4-7H,3,8-10H2,1-2H3. The molecule has 0 N–H and O–H groups in total. The van der Waals surface area contributed by atoms with Gasteiger partial charge in [0.15, 0.2) is 5.78 Å². The molecule has 3 heteroatoms. The monoisotopic (exact) mass is 222 g/mol. The van der Waals surface area contributed by atoms with E-state index in [0.29, 0.717) is 13.2 Å². The van der Waals surface area contributed by atoms with Crippen LogP contribution in [-0.2, 0) is 27.5 Å². The van der Waals surface area contributed by atoms with Gasteiger partial charge in [-0.1, -0.05) is 24.3 Å². The van der Waals surface area contributed by atoms with E-state index in [0.717, 1.165) is 17.7 Å². The van der Waals surface area contributed by atoms with Crippen LogP contribution in [0, 0.1) is 0 Å². The molecule has 0 amide bonds. The van der Waals surface area contributed by atoms with Gasteiger partial charge in [0.25, 0.3) is 0 Å². The van der Waals surface area contributed by atoms with Gasteiger partial charge in [0.1, 0.15) is 6.61 Å². The van der Waals surface area contributed by atoms with E-state index in [2.05, 4.69) is 0 Å². The molecule has 0 unspecified atom stereocenters. The van der Waals surface area contributed by atoms with Crippen LogP contribution in [0.1, 0.15) is 25.0 Å². The SMILES string of the molecule is CCOCc1ccc(COCC(C)=O)cc1. The van der Waals surface area contributed by atoms with Crippen molar-refractivity contribution in [2.75, 3.05) is 13.2 Å². The Morgan fingerprint density at radius 1 is 1.06 bits per heavy atom. The minimum absolute atomic E-state index is 0.0490. The molecule has 0 atom stereocenters. The third kappa shape index (κ3) is 5.05. The number of ketones is 1. The van der Waals surface area contributed by atoms with Gasteiger partial charge in [-0.15, -0.1) is 0 Å². The van der Waals surface area contributed by atoms with Crippen molar-refractivity contribution in [3.05, 3.63) is 35.4 Å². The summed E-state index contributed by atoms with van der Waals surface area (Å²) in [7, 11) is 0. The number of benzene rings is 1. The highest BCUT2D eigenvalue weighted by Gasteiger charge is 1.97. The summed E-state index contributed by atoms with van der Waals surface area (Å²) < 4.78 is 10.5. The topological polar surface area (TPSA) is 35.5 Å². The second-order valence-corrected chi connectivity index (χ2v) is 3.65. The van der Waals surface area contributed by atoms with Gasteiger partial charge >= 0.3 is 0 Å². The Labute approximate surface area is 96.4 Å². The first-order valence-corrected chi connectivity index (χ1v) is 5.45. The Balaban J connectivity index is 2.36. The molecule has 0 bridgehead atoms. The fraction of sp³-hybridized carbons (Fsp3) is 0.462. The number of hydrogen-bond donors (Lipinski definition) is 0. The van der Waals surface area contributed by atoms with Crippen molar-refractivity contribution in [3.8, 4) is 0 Å². The second-order valence-electron chi connectivity index (χ2n) is 3.65. The van der Waals surface area contributed by atoms with Crippen molar-refractivity contribution in [2.45, 2.75) is 27.1 Å². The average Bonchev–Trinajstić information content (AvgIpc) is 2.27. The van der Waals surface area contributed by atoms with Gasteiger partial charge in [-0.3, -0.25) is 4.79 Å². The molecule has 1 aromatic rings. The summed E-state index contributed by atoms with van der Waals surface area (Å²) in [5, 5.41) is 0. The maximum Gasteiger partial charge on any atom is 0.155 e. The smallest absolute Gasteiger partial charge is 0.155 e. The second kappa shape index (κ2) is 7.14. The summed E-state index contributed by atoms with van der Waals surface area (Å²) in [5.41, 5.74) is 2.22. The molecular formula is C13H18O3. The van der Waals surface area contributed by atoms with E-state index >= 15 is 0 Å². The lowest BCUT2D eigenvalue weighted by molar-refractivity contribution is -0.121. The van der Waals surface area contributed by atoms with Gasteiger partial charge in [0.2, 0.25) is 0 Å². The highest BCUT2D eigenvalue weighted by molar-refractivity contribution is 5.76. The summed E-state index contributed by atoms with van der Waals surface area (Å²) >= 11 is 0. The largest absolute Gasteiger partial charge is 0.377 e. The lowest BCUT2D eigenvalue weighted by Gasteiger charge is -2.04.